The van der Waals surface area contributed by atoms with E-state index in [0.29, 0.717) is 0 Å². The monoisotopic (exact) mass is 260 g/mol. The fourth-order valence-electron chi connectivity index (χ4n) is 1.96. The zero-order valence-electron chi connectivity index (χ0n) is 10.6. The van der Waals surface area contributed by atoms with Crippen molar-refractivity contribution >= 4 is 11.6 Å². The lowest BCUT2D eigenvalue weighted by atomic mass is 10.1. The molecule has 1 unspecified atom stereocenters. The maximum absolute atomic E-state index is 6.00. The molecule has 0 bridgehead atoms. The summed E-state index contributed by atoms with van der Waals surface area (Å²) in [5.74, 6) is 0. The number of nitrogens with zero attached hydrogens (tertiary/aromatic N) is 1. The molecular weight excluding hydrogens is 244 g/mol. The van der Waals surface area contributed by atoms with Crippen LogP contribution in [-0.2, 0) is 0 Å². The van der Waals surface area contributed by atoms with E-state index in [-0.39, 0.29) is 12.1 Å². The second kappa shape index (κ2) is 5.98. The van der Waals surface area contributed by atoms with Gasteiger partial charge in [-0.15, -0.1) is 0 Å². The molecule has 0 spiro atoms. The van der Waals surface area contributed by atoms with Crippen molar-refractivity contribution < 1.29 is 0 Å². The van der Waals surface area contributed by atoms with E-state index >= 15 is 0 Å². The van der Waals surface area contributed by atoms with Crippen LogP contribution in [0.4, 0.5) is 0 Å². The third kappa shape index (κ3) is 3.31. The van der Waals surface area contributed by atoms with Crippen LogP contribution in [0.15, 0.2) is 48.7 Å². The zero-order valence-corrected chi connectivity index (χ0v) is 11.4. The number of hydrogen-bond acceptors (Lipinski definition) is 2. The molecule has 1 heterocycles. The van der Waals surface area contributed by atoms with E-state index in [9.17, 15) is 0 Å². The Morgan fingerprint density at radius 1 is 1.06 bits per heavy atom. The molecule has 2 aromatic rings. The van der Waals surface area contributed by atoms with E-state index in [0.717, 1.165) is 10.7 Å². The second-order valence-electron chi connectivity index (χ2n) is 4.42. The van der Waals surface area contributed by atoms with E-state index in [1.54, 1.807) is 0 Å². The minimum absolute atomic E-state index is 0.209. The molecule has 0 saturated heterocycles. The first kappa shape index (κ1) is 13.1. The molecule has 1 aromatic heterocycles. The van der Waals surface area contributed by atoms with Crippen molar-refractivity contribution in [3.8, 4) is 0 Å². The van der Waals surface area contributed by atoms with Crippen LogP contribution >= 0.6 is 11.6 Å². The van der Waals surface area contributed by atoms with E-state index in [1.165, 1.54) is 5.56 Å². The minimum Gasteiger partial charge on any atom is -0.302 e. The average molecular weight is 261 g/mol. The van der Waals surface area contributed by atoms with Gasteiger partial charge in [-0.2, -0.15) is 0 Å². The standard InChI is InChI=1S/C15H17ClN2/c1-11(13-6-5-7-14(16)10-13)18-12(2)15-8-3-4-9-17-15/h3-12,18H,1-2H3/t11?,12-/m0/s1. The lowest BCUT2D eigenvalue weighted by Crippen LogP contribution is -2.23. The predicted molar refractivity (Wildman–Crippen MR) is 75.7 cm³/mol. The Labute approximate surface area is 113 Å². The Hall–Kier alpha value is -1.38. The molecule has 0 saturated carbocycles. The highest BCUT2D eigenvalue weighted by atomic mass is 35.5. The van der Waals surface area contributed by atoms with Gasteiger partial charge in [0.1, 0.15) is 0 Å². The molecule has 18 heavy (non-hydrogen) atoms. The van der Waals surface area contributed by atoms with Gasteiger partial charge in [-0.05, 0) is 43.7 Å². The van der Waals surface area contributed by atoms with E-state index in [4.69, 9.17) is 11.6 Å². The van der Waals surface area contributed by atoms with Gasteiger partial charge in [0.2, 0.25) is 0 Å². The van der Waals surface area contributed by atoms with Gasteiger partial charge in [0, 0.05) is 23.3 Å². The number of pyridine rings is 1. The summed E-state index contributed by atoms with van der Waals surface area (Å²) in [4.78, 5) is 4.35. The van der Waals surface area contributed by atoms with Gasteiger partial charge in [-0.1, -0.05) is 29.8 Å². The van der Waals surface area contributed by atoms with E-state index in [2.05, 4.69) is 30.2 Å². The van der Waals surface area contributed by atoms with Crippen molar-refractivity contribution in [2.75, 3.05) is 0 Å². The maximum Gasteiger partial charge on any atom is 0.0570 e. The molecule has 1 aromatic carbocycles. The summed E-state index contributed by atoms with van der Waals surface area (Å²) >= 11 is 6.00. The van der Waals surface area contributed by atoms with Crippen molar-refractivity contribution in [1.82, 2.24) is 10.3 Å². The Morgan fingerprint density at radius 2 is 1.89 bits per heavy atom. The van der Waals surface area contributed by atoms with Gasteiger partial charge in [-0.25, -0.2) is 0 Å². The van der Waals surface area contributed by atoms with Gasteiger partial charge in [0.25, 0.3) is 0 Å². The van der Waals surface area contributed by atoms with Gasteiger partial charge in [0.05, 0.1) is 5.69 Å². The Balaban J connectivity index is 2.05. The van der Waals surface area contributed by atoms with Crippen molar-refractivity contribution in [3.63, 3.8) is 0 Å². The predicted octanol–water partition coefficient (Wildman–Crippen LogP) is 4.15. The number of halogens is 1. The smallest absolute Gasteiger partial charge is 0.0570 e. The lowest BCUT2D eigenvalue weighted by Gasteiger charge is -2.20. The van der Waals surface area contributed by atoms with Gasteiger partial charge in [-0.3, -0.25) is 4.98 Å². The zero-order chi connectivity index (χ0) is 13.0. The summed E-state index contributed by atoms with van der Waals surface area (Å²) in [5.41, 5.74) is 2.23. The Morgan fingerprint density at radius 3 is 2.56 bits per heavy atom. The number of aromatic nitrogens is 1. The Kier molecular flexibility index (Phi) is 4.34. The molecule has 0 aliphatic rings. The third-order valence-corrected chi connectivity index (χ3v) is 3.22. The van der Waals surface area contributed by atoms with Gasteiger partial charge < -0.3 is 5.32 Å². The van der Waals surface area contributed by atoms with Crippen molar-refractivity contribution in [2.24, 2.45) is 0 Å². The maximum atomic E-state index is 6.00. The first-order valence-corrected chi connectivity index (χ1v) is 6.47. The van der Waals surface area contributed by atoms with Crippen LogP contribution in [0.2, 0.25) is 5.02 Å². The largest absolute Gasteiger partial charge is 0.302 e. The van der Waals surface area contributed by atoms with Gasteiger partial charge >= 0.3 is 0 Å². The summed E-state index contributed by atoms with van der Waals surface area (Å²) < 4.78 is 0. The summed E-state index contributed by atoms with van der Waals surface area (Å²) in [6.45, 7) is 4.24. The molecule has 0 amide bonds. The summed E-state index contributed by atoms with van der Waals surface area (Å²) in [7, 11) is 0. The molecule has 3 heteroatoms. The third-order valence-electron chi connectivity index (χ3n) is 2.98. The highest BCUT2D eigenvalue weighted by molar-refractivity contribution is 6.30. The number of benzene rings is 1. The van der Waals surface area contributed by atoms with Crippen LogP contribution in [0, 0.1) is 0 Å². The van der Waals surface area contributed by atoms with E-state index in [1.807, 2.05) is 42.6 Å². The topological polar surface area (TPSA) is 24.9 Å². The number of rotatable bonds is 4. The molecule has 2 rings (SSSR count). The van der Waals surface area contributed by atoms with Crippen LogP contribution in [0.3, 0.4) is 0 Å². The van der Waals surface area contributed by atoms with Crippen LogP contribution < -0.4 is 5.32 Å². The molecule has 94 valence electrons. The highest BCUT2D eigenvalue weighted by Gasteiger charge is 2.11. The summed E-state index contributed by atoms with van der Waals surface area (Å²) in [6, 6.07) is 14.3. The van der Waals surface area contributed by atoms with Crippen LogP contribution in [-0.4, -0.2) is 4.98 Å². The first-order valence-electron chi connectivity index (χ1n) is 6.09. The number of nitrogens with one attached hydrogen (secondary N) is 1. The second-order valence-corrected chi connectivity index (χ2v) is 4.86. The number of hydrogen-bond donors (Lipinski definition) is 1. The minimum atomic E-state index is 0.209. The van der Waals surface area contributed by atoms with Crippen molar-refractivity contribution in [3.05, 3.63) is 64.9 Å². The van der Waals surface area contributed by atoms with Crippen molar-refractivity contribution in [2.45, 2.75) is 25.9 Å². The quantitative estimate of drug-likeness (QED) is 0.893. The Bertz CT molecular complexity index is 499. The molecular formula is C15H17ClN2. The average Bonchev–Trinajstić information content (AvgIpc) is 2.39. The van der Waals surface area contributed by atoms with E-state index < -0.39 is 0 Å². The van der Waals surface area contributed by atoms with Gasteiger partial charge in [0.15, 0.2) is 0 Å². The van der Waals surface area contributed by atoms with Crippen LogP contribution in [0.1, 0.15) is 37.2 Å². The normalized spacial score (nSPS) is 14.2. The summed E-state index contributed by atoms with van der Waals surface area (Å²) in [5, 5.41) is 4.29. The van der Waals surface area contributed by atoms with Crippen molar-refractivity contribution in [1.29, 1.82) is 0 Å². The molecule has 0 fully saturated rings. The highest BCUT2D eigenvalue weighted by Crippen LogP contribution is 2.20. The lowest BCUT2D eigenvalue weighted by molar-refractivity contribution is 0.486. The fraction of sp³-hybridized carbons (Fsp3) is 0.267. The fourth-order valence-corrected chi connectivity index (χ4v) is 2.16. The van der Waals surface area contributed by atoms with Crippen LogP contribution in [0.5, 0.6) is 0 Å². The molecule has 2 atom stereocenters. The molecule has 0 radical (unpaired) electrons. The SMILES string of the molecule is CC(N[C@@H](C)c1ccccn1)c1cccc(Cl)c1. The van der Waals surface area contributed by atoms with Crippen LogP contribution in [0.25, 0.3) is 0 Å². The first-order chi connectivity index (χ1) is 8.66. The molecule has 1 N–H and O–H groups in total. The molecule has 0 aliphatic carbocycles. The molecule has 0 aliphatic heterocycles. The summed E-state index contributed by atoms with van der Waals surface area (Å²) in [6.07, 6.45) is 1.82. The molecule has 2 nitrogen and oxygen atoms in total.